The number of fused-ring (bicyclic) bond motifs is 1. The van der Waals surface area contributed by atoms with Crippen LogP contribution in [0.1, 0.15) is 69.1 Å². The lowest BCUT2D eigenvalue weighted by atomic mass is 9.81. The summed E-state index contributed by atoms with van der Waals surface area (Å²) in [7, 11) is -0.350. The Bertz CT molecular complexity index is 1940. The van der Waals surface area contributed by atoms with Gasteiger partial charge in [0.1, 0.15) is 29.3 Å². The summed E-state index contributed by atoms with van der Waals surface area (Å²) in [5.41, 5.74) is 6.59. The third-order valence-corrected chi connectivity index (χ3v) is 10.9. The number of esters is 1. The summed E-state index contributed by atoms with van der Waals surface area (Å²) in [6.07, 6.45) is 0.0151. The molecule has 0 saturated heterocycles. The van der Waals surface area contributed by atoms with Gasteiger partial charge in [-0.05, 0) is 81.7 Å². The number of ether oxygens (including phenoxy) is 2. The highest BCUT2D eigenvalue weighted by molar-refractivity contribution is 7.53. The van der Waals surface area contributed by atoms with Gasteiger partial charge < -0.3 is 44.6 Å². The Morgan fingerprint density at radius 1 is 1.10 bits per heavy atom. The Morgan fingerprint density at radius 2 is 1.77 bits per heavy atom. The molecule has 5 N–H and O–H groups in total. The fourth-order valence-corrected chi connectivity index (χ4v) is 8.03. The highest BCUT2D eigenvalue weighted by Gasteiger charge is 2.36. The summed E-state index contributed by atoms with van der Waals surface area (Å²) in [6.45, 7) is 5.40. The maximum atomic E-state index is 14.3. The van der Waals surface area contributed by atoms with Crippen molar-refractivity contribution in [2.45, 2.75) is 76.9 Å². The van der Waals surface area contributed by atoms with E-state index in [4.69, 9.17) is 24.3 Å². The van der Waals surface area contributed by atoms with Crippen LogP contribution in [0.25, 0.3) is 10.8 Å². The number of nitrogens with one attached hydrogen (secondary N) is 2. The molecule has 1 aliphatic rings. The average Bonchev–Trinajstić information content (AvgIpc) is 3.39. The molecule has 1 saturated carbocycles. The molecule has 0 spiro atoms. The normalized spacial score (nSPS) is 17.2. The SMILES string of the molecule is CCOP(=O)(Cc1ccc(Nc2ncc(C(F)(F)F)c(Nc3ccc(C4CCC(OC(=O)[C@H](C)N)CC4)c4cn(C)c(O)c34)n2)c(OC)c1)OCC. The van der Waals surface area contributed by atoms with Crippen LogP contribution in [0.4, 0.5) is 36.3 Å². The van der Waals surface area contributed by atoms with E-state index in [-0.39, 0.29) is 48.9 Å². The van der Waals surface area contributed by atoms with Crippen molar-refractivity contribution in [3.63, 3.8) is 0 Å². The zero-order chi connectivity index (χ0) is 37.8. The van der Waals surface area contributed by atoms with Gasteiger partial charge in [-0.25, -0.2) is 4.98 Å². The molecular formula is C35H44F3N6O7P. The maximum Gasteiger partial charge on any atom is 0.421 e. The fraction of sp³-hybridized carbons (Fsp3) is 0.457. The summed E-state index contributed by atoms with van der Waals surface area (Å²) in [5.74, 6) is -0.927. The molecule has 282 valence electrons. The van der Waals surface area contributed by atoms with E-state index in [1.54, 1.807) is 58.3 Å². The van der Waals surface area contributed by atoms with Crippen LogP contribution < -0.4 is 21.1 Å². The van der Waals surface area contributed by atoms with Gasteiger partial charge in [0.2, 0.25) is 11.8 Å². The average molecular weight is 749 g/mol. The van der Waals surface area contributed by atoms with Gasteiger partial charge in [-0.3, -0.25) is 9.36 Å². The summed E-state index contributed by atoms with van der Waals surface area (Å²) in [6, 6.07) is 7.63. The highest BCUT2D eigenvalue weighted by Crippen LogP contribution is 2.52. The van der Waals surface area contributed by atoms with Gasteiger partial charge in [-0.15, -0.1) is 0 Å². The number of anilines is 4. The number of carbonyl (C=O) groups excluding carboxylic acids is 1. The van der Waals surface area contributed by atoms with E-state index in [1.807, 2.05) is 6.07 Å². The van der Waals surface area contributed by atoms with Crippen molar-refractivity contribution in [1.82, 2.24) is 14.5 Å². The highest BCUT2D eigenvalue weighted by atomic mass is 31.2. The van der Waals surface area contributed by atoms with Gasteiger partial charge in [-0.2, -0.15) is 18.2 Å². The van der Waals surface area contributed by atoms with E-state index < -0.39 is 37.2 Å². The summed E-state index contributed by atoms with van der Waals surface area (Å²) >= 11 is 0. The number of aromatic hydroxyl groups is 1. The van der Waals surface area contributed by atoms with Crippen LogP contribution in [0.2, 0.25) is 0 Å². The van der Waals surface area contributed by atoms with Crippen LogP contribution in [0.15, 0.2) is 42.7 Å². The third kappa shape index (κ3) is 8.80. The first kappa shape index (κ1) is 38.9. The number of methoxy groups -OCH3 is 1. The molecule has 0 aliphatic heterocycles. The van der Waals surface area contributed by atoms with Crippen LogP contribution in [-0.2, 0) is 42.5 Å². The molecule has 2 aromatic carbocycles. The first-order valence-electron chi connectivity index (χ1n) is 17.0. The Kier molecular flexibility index (Phi) is 12.0. The molecule has 1 fully saturated rings. The Labute approximate surface area is 299 Å². The topological polar surface area (TPSA) is 172 Å². The first-order chi connectivity index (χ1) is 24.7. The largest absolute Gasteiger partial charge is 0.495 e. The fourth-order valence-electron chi connectivity index (χ4n) is 6.35. The van der Waals surface area contributed by atoms with E-state index in [2.05, 4.69) is 20.6 Å². The Morgan fingerprint density at radius 3 is 2.38 bits per heavy atom. The van der Waals surface area contributed by atoms with Crippen molar-refractivity contribution in [1.29, 1.82) is 0 Å². The molecule has 0 unspecified atom stereocenters. The van der Waals surface area contributed by atoms with Crippen molar-refractivity contribution >= 4 is 47.5 Å². The molecule has 52 heavy (non-hydrogen) atoms. The van der Waals surface area contributed by atoms with Crippen LogP contribution in [0, 0.1) is 0 Å². The number of carbonyl (C=O) groups is 1. The number of aromatic nitrogens is 3. The molecular weight excluding hydrogens is 704 g/mol. The second-order valence-corrected chi connectivity index (χ2v) is 14.7. The molecule has 13 nitrogen and oxygen atoms in total. The molecule has 1 aliphatic carbocycles. The smallest absolute Gasteiger partial charge is 0.421 e. The van der Waals surface area contributed by atoms with Crippen molar-refractivity contribution in [2.75, 3.05) is 31.0 Å². The third-order valence-electron chi connectivity index (χ3n) is 8.82. The van der Waals surface area contributed by atoms with Crippen molar-refractivity contribution in [2.24, 2.45) is 12.8 Å². The van der Waals surface area contributed by atoms with Gasteiger partial charge in [0, 0.05) is 24.8 Å². The zero-order valence-corrected chi connectivity index (χ0v) is 30.5. The predicted molar refractivity (Wildman–Crippen MR) is 190 cm³/mol. The lowest BCUT2D eigenvalue weighted by molar-refractivity contribution is -0.151. The van der Waals surface area contributed by atoms with Crippen molar-refractivity contribution in [3.05, 3.63) is 59.4 Å². The lowest BCUT2D eigenvalue weighted by Gasteiger charge is -2.29. The number of alkyl halides is 3. The number of benzene rings is 2. The summed E-state index contributed by atoms with van der Waals surface area (Å²) in [4.78, 5) is 20.1. The van der Waals surface area contributed by atoms with Gasteiger partial charge in [-0.1, -0.05) is 12.1 Å². The number of halogens is 3. The van der Waals surface area contributed by atoms with E-state index in [9.17, 15) is 27.6 Å². The van der Waals surface area contributed by atoms with Crippen LogP contribution in [0.5, 0.6) is 11.6 Å². The number of nitrogens with zero attached hydrogens (tertiary/aromatic N) is 3. The second kappa shape index (κ2) is 16.1. The quantitative estimate of drug-likeness (QED) is 0.0728. The Balaban J connectivity index is 1.43. The molecule has 0 bridgehead atoms. The van der Waals surface area contributed by atoms with E-state index >= 15 is 0 Å². The number of nitrogens with two attached hydrogens (primary N) is 1. The first-order valence-corrected chi connectivity index (χ1v) is 18.7. The van der Waals surface area contributed by atoms with E-state index in [0.717, 1.165) is 5.56 Å². The number of rotatable bonds is 14. The number of aryl methyl sites for hydroxylation is 1. The van der Waals surface area contributed by atoms with Crippen molar-refractivity contribution in [3.8, 4) is 11.6 Å². The van der Waals surface area contributed by atoms with Crippen LogP contribution in [0.3, 0.4) is 0 Å². The predicted octanol–water partition coefficient (Wildman–Crippen LogP) is 7.87. The van der Waals surface area contributed by atoms with Crippen molar-refractivity contribution < 1.29 is 46.2 Å². The molecule has 17 heteroatoms. The minimum Gasteiger partial charge on any atom is -0.495 e. The standard InChI is InChI=1S/C35H44F3N6O7P/c1-6-49-52(47,50-7-2)19-21-8-14-27(29(16-21)48-5)42-34-40-17-26(35(36,37)38)31(43-34)41-28-15-13-24(25-18-44(4)32(45)30(25)28)22-9-11-23(12-10-22)51-33(46)20(3)39/h8,13-18,20,22-23,45H,6-7,9-12,19,39H2,1-5H3,(H2,40,41,42,43)/t20-,22?,23?/m0/s1. The Hall–Kier alpha value is -4.37. The van der Waals surface area contributed by atoms with E-state index in [1.165, 1.54) is 11.7 Å². The molecule has 0 radical (unpaired) electrons. The van der Waals surface area contributed by atoms with Gasteiger partial charge >= 0.3 is 19.7 Å². The number of hydrogen-bond donors (Lipinski definition) is 4. The molecule has 2 heterocycles. The van der Waals surface area contributed by atoms with Gasteiger partial charge in [0.05, 0.1) is 43.2 Å². The summed E-state index contributed by atoms with van der Waals surface area (Å²) < 4.78 is 79.2. The molecule has 4 aromatic rings. The molecule has 5 rings (SSSR count). The molecule has 1 atom stereocenters. The lowest BCUT2D eigenvalue weighted by Crippen LogP contribution is -2.33. The monoisotopic (exact) mass is 748 g/mol. The molecule has 2 aromatic heterocycles. The number of hydrogen-bond acceptors (Lipinski definition) is 12. The van der Waals surface area contributed by atoms with Gasteiger partial charge in [0.15, 0.2) is 0 Å². The van der Waals surface area contributed by atoms with Gasteiger partial charge in [0.25, 0.3) is 0 Å². The van der Waals surface area contributed by atoms with Crippen LogP contribution >= 0.6 is 7.60 Å². The van der Waals surface area contributed by atoms with Crippen LogP contribution in [-0.4, -0.2) is 58.1 Å². The minimum absolute atomic E-state index is 0.0133. The van der Waals surface area contributed by atoms with E-state index in [0.29, 0.717) is 59.7 Å². The summed E-state index contributed by atoms with van der Waals surface area (Å²) in [5, 5.41) is 17.8. The zero-order valence-electron chi connectivity index (χ0n) is 29.6. The minimum atomic E-state index is -4.81. The maximum absolute atomic E-state index is 14.3. The molecule has 0 amide bonds. The second-order valence-electron chi connectivity index (χ2n) is 12.6.